The first-order valence-corrected chi connectivity index (χ1v) is 6.11. The van der Waals surface area contributed by atoms with Gasteiger partial charge >= 0.3 is 5.97 Å². The molecule has 0 unspecified atom stereocenters. The molecule has 0 spiro atoms. The van der Waals surface area contributed by atoms with E-state index in [0.29, 0.717) is 24.8 Å². The molecule has 1 aliphatic carbocycles. The van der Waals surface area contributed by atoms with E-state index in [9.17, 15) is 14.4 Å². The van der Waals surface area contributed by atoms with Crippen molar-refractivity contribution in [3.63, 3.8) is 0 Å². The van der Waals surface area contributed by atoms with Crippen LogP contribution in [-0.2, 0) is 9.59 Å². The van der Waals surface area contributed by atoms with Gasteiger partial charge in [0.25, 0.3) is 5.91 Å². The maximum absolute atomic E-state index is 12.3. The number of carboxylic acid groups (broad SMARTS) is 1. The summed E-state index contributed by atoms with van der Waals surface area (Å²) in [5.41, 5.74) is 1.28. The highest BCUT2D eigenvalue weighted by Crippen LogP contribution is 2.32. The Labute approximate surface area is 110 Å². The van der Waals surface area contributed by atoms with E-state index in [1.165, 1.54) is 0 Å². The second kappa shape index (κ2) is 5.22. The maximum Gasteiger partial charge on any atom is 0.306 e. The molecule has 1 fully saturated rings. The van der Waals surface area contributed by atoms with Crippen molar-refractivity contribution in [1.29, 1.82) is 0 Å². The van der Waals surface area contributed by atoms with Gasteiger partial charge in [0, 0.05) is 11.6 Å². The Kier molecular flexibility index (Phi) is 3.64. The second-order valence-corrected chi connectivity index (χ2v) is 4.79. The summed E-state index contributed by atoms with van der Waals surface area (Å²) < 4.78 is 0. The number of rotatable bonds is 4. The van der Waals surface area contributed by atoms with E-state index in [2.05, 4.69) is 0 Å². The number of hydrogen-bond donors (Lipinski definition) is 1. The molecule has 1 N–H and O–H groups in total. The number of carbonyl (C=O) groups excluding carboxylic acids is 2. The van der Waals surface area contributed by atoms with E-state index in [-0.39, 0.29) is 11.9 Å². The normalized spacial score (nSPS) is 21.3. The van der Waals surface area contributed by atoms with Gasteiger partial charge in [0.05, 0.1) is 5.92 Å². The number of benzene rings is 1. The van der Waals surface area contributed by atoms with Crippen LogP contribution in [0.15, 0.2) is 24.3 Å². The van der Waals surface area contributed by atoms with Crippen molar-refractivity contribution in [1.82, 2.24) is 4.90 Å². The van der Waals surface area contributed by atoms with Crippen LogP contribution >= 0.6 is 0 Å². The van der Waals surface area contributed by atoms with Crippen LogP contribution in [0.5, 0.6) is 0 Å². The van der Waals surface area contributed by atoms with E-state index in [4.69, 9.17) is 5.11 Å². The molecule has 5 heteroatoms. The van der Waals surface area contributed by atoms with E-state index in [1.807, 2.05) is 6.07 Å². The molecule has 100 valence electrons. The summed E-state index contributed by atoms with van der Waals surface area (Å²) in [6.07, 6.45) is 1.18. The molecule has 2 rings (SSSR count). The van der Waals surface area contributed by atoms with Crippen LogP contribution in [0.3, 0.4) is 0 Å². The van der Waals surface area contributed by atoms with Gasteiger partial charge in [0.2, 0.25) is 6.41 Å². The molecule has 1 saturated carbocycles. The van der Waals surface area contributed by atoms with Gasteiger partial charge in [0.15, 0.2) is 0 Å². The first-order valence-electron chi connectivity index (χ1n) is 6.11. The third-order valence-electron chi connectivity index (χ3n) is 3.58. The first-order chi connectivity index (χ1) is 9.04. The number of hydrogen-bond acceptors (Lipinski definition) is 3. The fourth-order valence-electron chi connectivity index (χ4n) is 2.27. The van der Waals surface area contributed by atoms with Crippen LogP contribution < -0.4 is 0 Å². The van der Waals surface area contributed by atoms with Crippen molar-refractivity contribution in [2.24, 2.45) is 5.92 Å². The maximum atomic E-state index is 12.3. The van der Waals surface area contributed by atoms with Gasteiger partial charge in [-0.2, -0.15) is 0 Å². The first kappa shape index (κ1) is 13.3. The number of aryl methyl sites for hydroxylation is 1. The summed E-state index contributed by atoms with van der Waals surface area (Å²) in [6, 6.07) is 6.73. The molecule has 1 aromatic rings. The Morgan fingerprint density at radius 3 is 2.47 bits per heavy atom. The molecule has 5 nitrogen and oxygen atoms in total. The number of carbonyl (C=O) groups is 3. The predicted molar refractivity (Wildman–Crippen MR) is 67.6 cm³/mol. The molecule has 0 heterocycles. The minimum absolute atomic E-state index is 0.300. The van der Waals surface area contributed by atoms with E-state index >= 15 is 0 Å². The fourth-order valence-corrected chi connectivity index (χ4v) is 2.27. The fraction of sp³-hybridized carbons (Fsp3) is 0.357. The van der Waals surface area contributed by atoms with Crippen molar-refractivity contribution in [2.75, 3.05) is 0 Å². The molecule has 19 heavy (non-hydrogen) atoms. The Balaban J connectivity index is 2.11. The summed E-state index contributed by atoms with van der Waals surface area (Å²) in [4.78, 5) is 35.2. The summed E-state index contributed by atoms with van der Waals surface area (Å²) in [6.45, 7) is 1.80. The zero-order valence-electron chi connectivity index (χ0n) is 10.6. The van der Waals surface area contributed by atoms with Gasteiger partial charge < -0.3 is 5.11 Å². The highest BCUT2D eigenvalue weighted by Gasteiger charge is 2.40. The van der Waals surface area contributed by atoms with Gasteiger partial charge in [-0.1, -0.05) is 18.2 Å². The summed E-state index contributed by atoms with van der Waals surface area (Å²) >= 11 is 0. The SMILES string of the molecule is Cc1ccccc1C(=O)N(C=O)C1CC(C(=O)O)C1. The van der Waals surface area contributed by atoms with Crippen molar-refractivity contribution < 1.29 is 19.5 Å². The number of nitrogens with zero attached hydrogens (tertiary/aromatic N) is 1. The number of carboxylic acids is 1. The monoisotopic (exact) mass is 261 g/mol. The average molecular weight is 261 g/mol. The van der Waals surface area contributed by atoms with Crippen molar-refractivity contribution in [3.8, 4) is 0 Å². The van der Waals surface area contributed by atoms with Crippen LogP contribution in [0, 0.1) is 12.8 Å². The molecule has 1 aliphatic rings. The largest absolute Gasteiger partial charge is 0.481 e. The van der Waals surface area contributed by atoms with Crippen LogP contribution in [0.25, 0.3) is 0 Å². The smallest absolute Gasteiger partial charge is 0.306 e. The van der Waals surface area contributed by atoms with E-state index < -0.39 is 11.9 Å². The van der Waals surface area contributed by atoms with E-state index in [1.54, 1.807) is 25.1 Å². The Morgan fingerprint density at radius 2 is 1.95 bits per heavy atom. The van der Waals surface area contributed by atoms with Crippen molar-refractivity contribution in [2.45, 2.75) is 25.8 Å². The third-order valence-corrected chi connectivity index (χ3v) is 3.58. The second-order valence-electron chi connectivity index (χ2n) is 4.79. The van der Waals surface area contributed by atoms with Crippen molar-refractivity contribution in [3.05, 3.63) is 35.4 Å². The topological polar surface area (TPSA) is 74.7 Å². The summed E-state index contributed by atoms with van der Waals surface area (Å²) in [5, 5.41) is 8.81. The van der Waals surface area contributed by atoms with Crippen LogP contribution in [0.4, 0.5) is 0 Å². The lowest BCUT2D eigenvalue weighted by Gasteiger charge is -2.38. The van der Waals surface area contributed by atoms with Gasteiger partial charge in [-0.25, -0.2) is 0 Å². The lowest BCUT2D eigenvalue weighted by Crippen LogP contribution is -2.49. The lowest BCUT2D eigenvalue weighted by atomic mass is 9.79. The molecule has 1 aromatic carbocycles. The molecule has 0 aromatic heterocycles. The van der Waals surface area contributed by atoms with Gasteiger partial charge in [-0.3, -0.25) is 19.3 Å². The molecule has 0 radical (unpaired) electrons. The molecule has 0 aliphatic heterocycles. The Morgan fingerprint density at radius 1 is 1.32 bits per heavy atom. The molecule has 0 saturated heterocycles. The summed E-state index contributed by atoms with van der Waals surface area (Å²) in [5.74, 6) is -1.68. The van der Waals surface area contributed by atoms with E-state index in [0.717, 1.165) is 10.5 Å². The zero-order chi connectivity index (χ0) is 14.0. The molecule has 2 amide bonds. The molecular weight excluding hydrogens is 246 g/mol. The Hall–Kier alpha value is -2.17. The number of aliphatic carboxylic acids is 1. The highest BCUT2D eigenvalue weighted by atomic mass is 16.4. The highest BCUT2D eigenvalue weighted by molar-refractivity contribution is 6.01. The van der Waals surface area contributed by atoms with Gasteiger partial charge in [0.1, 0.15) is 0 Å². The van der Waals surface area contributed by atoms with Gasteiger partial charge in [-0.15, -0.1) is 0 Å². The minimum atomic E-state index is -0.870. The molecule has 0 bridgehead atoms. The minimum Gasteiger partial charge on any atom is -0.481 e. The third kappa shape index (κ3) is 2.50. The lowest BCUT2D eigenvalue weighted by molar-refractivity contribution is -0.147. The van der Waals surface area contributed by atoms with Gasteiger partial charge in [-0.05, 0) is 31.4 Å². The Bertz CT molecular complexity index is 520. The zero-order valence-corrected chi connectivity index (χ0v) is 10.6. The summed E-state index contributed by atoms with van der Waals surface area (Å²) in [7, 11) is 0. The average Bonchev–Trinajstić information content (AvgIpc) is 2.32. The molecular formula is C14H15NO4. The number of imide groups is 1. The number of amides is 2. The quantitative estimate of drug-likeness (QED) is 0.832. The standard InChI is InChI=1S/C14H15NO4/c1-9-4-2-3-5-12(9)13(17)15(8-16)11-6-10(7-11)14(18)19/h2-5,8,10-11H,6-7H2,1H3,(H,18,19). The van der Waals surface area contributed by atoms with Crippen LogP contribution in [-0.4, -0.2) is 34.3 Å². The van der Waals surface area contributed by atoms with Crippen molar-refractivity contribution >= 4 is 18.3 Å². The van der Waals surface area contributed by atoms with Crippen LogP contribution in [0.2, 0.25) is 0 Å². The predicted octanol–water partition coefficient (Wildman–Crippen LogP) is 1.46. The molecule has 0 atom stereocenters. The van der Waals surface area contributed by atoms with Crippen LogP contribution in [0.1, 0.15) is 28.8 Å².